The first-order valence-corrected chi connectivity index (χ1v) is 8.74. The fourth-order valence-corrected chi connectivity index (χ4v) is 2.81. The van der Waals surface area contributed by atoms with Crippen molar-refractivity contribution in [3.05, 3.63) is 65.2 Å². The summed E-state index contributed by atoms with van der Waals surface area (Å²) < 4.78 is 23.1. The Balaban J connectivity index is 2.32. The molecule has 0 saturated heterocycles. The van der Waals surface area contributed by atoms with E-state index in [-0.39, 0.29) is 10.7 Å². The van der Waals surface area contributed by atoms with Crippen LogP contribution in [-0.4, -0.2) is 20.5 Å². The third-order valence-electron chi connectivity index (χ3n) is 3.28. The normalized spacial score (nSPS) is 11.3. The summed E-state index contributed by atoms with van der Waals surface area (Å²) in [5, 5.41) is 0. The molecule has 0 N–H and O–H groups in total. The molecule has 0 atom stereocenters. The maximum Gasteiger partial charge on any atom is 0.193 e. The minimum Gasteiger partial charge on any atom is -0.289 e. The van der Waals surface area contributed by atoms with Gasteiger partial charge in [0.25, 0.3) is 0 Å². The summed E-state index contributed by atoms with van der Waals surface area (Å²) in [4.78, 5) is 12.6. The van der Waals surface area contributed by atoms with Gasteiger partial charge in [0.15, 0.2) is 15.6 Å². The molecule has 110 valence electrons. The Morgan fingerprint density at radius 1 is 1.00 bits per heavy atom. The predicted octanol–water partition coefficient (Wildman–Crippen LogP) is 3.27. The van der Waals surface area contributed by atoms with Gasteiger partial charge in [-0.2, -0.15) is 0 Å². The van der Waals surface area contributed by atoms with E-state index in [0.29, 0.717) is 11.1 Å². The van der Waals surface area contributed by atoms with Crippen LogP contribution in [0.2, 0.25) is 0 Å². The summed E-state index contributed by atoms with van der Waals surface area (Å²) in [6.45, 7) is 2.11. The molecule has 3 nitrogen and oxygen atoms in total. The molecule has 21 heavy (non-hydrogen) atoms. The Morgan fingerprint density at radius 3 is 2.24 bits per heavy atom. The highest BCUT2D eigenvalue weighted by atomic mass is 32.2. The number of hydrogen-bond acceptors (Lipinski definition) is 3. The Morgan fingerprint density at radius 2 is 1.67 bits per heavy atom. The van der Waals surface area contributed by atoms with Gasteiger partial charge >= 0.3 is 0 Å². The van der Waals surface area contributed by atoms with Crippen LogP contribution in [-0.2, 0) is 16.3 Å². The lowest BCUT2D eigenvalue weighted by Gasteiger charge is -2.05. The van der Waals surface area contributed by atoms with Crippen LogP contribution in [0.25, 0.3) is 0 Å². The lowest BCUT2D eigenvalue weighted by Crippen LogP contribution is -2.04. The molecule has 0 fully saturated rings. The highest BCUT2D eigenvalue weighted by molar-refractivity contribution is 7.90. The summed E-state index contributed by atoms with van der Waals surface area (Å²) in [5.74, 6) is -0.163. The molecule has 2 aromatic carbocycles. The second kappa shape index (κ2) is 6.22. The van der Waals surface area contributed by atoms with Gasteiger partial charge in [-0.05, 0) is 24.1 Å². The van der Waals surface area contributed by atoms with Crippen LogP contribution < -0.4 is 0 Å². The molecule has 0 amide bonds. The number of hydrogen-bond donors (Lipinski definition) is 0. The molecule has 0 aliphatic rings. The summed E-state index contributed by atoms with van der Waals surface area (Å²) in [6, 6.07) is 13.6. The van der Waals surface area contributed by atoms with Crippen molar-refractivity contribution >= 4 is 15.6 Å². The molecule has 0 heterocycles. The first-order chi connectivity index (χ1) is 9.91. The lowest BCUT2D eigenvalue weighted by molar-refractivity contribution is 0.103. The standard InChI is InChI=1S/C17H18O3S/c1-3-5-13-8-10-14(11-9-13)17(18)15-6-4-7-16(12-15)21(2,19)20/h4,6-12H,3,5H2,1-2H3. The molecule has 0 spiro atoms. The predicted molar refractivity (Wildman–Crippen MR) is 83.4 cm³/mol. The smallest absolute Gasteiger partial charge is 0.193 e. The van der Waals surface area contributed by atoms with Crippen LogP contribution >= 0.6 is 0 Å². The van der Waals surface area contributed by atoms with Crippen molar-refractivity contribution in [3.8, 4) is 0 Å². The number of ketones is 1. The Labute approximate surface area is 125 Å². The maximum absolute atomic E-state index is 12.4. The fourth-order valence-electron chi connectivity index (χ4n) is 2.15. The zero-order chi connectivity index (χ0) is 15.5. The highest BCUT2D eigenvalue weighted by Gasteiger charge is 2.13. The highest BCUT2D eigenvalue weighted by Crippen LogP contribution is 2.16. The van der Waals surface area contributed by atoms with E-state index in [4.69, 9.17) is 0 Å². The van der Waals surface area contributed by atoms with E-state index in [1.54, 1.807) is 24.3 Å². The maximum atomic E-state index is 12.4. The zero-order valence-corrected chi connectivity index (χ0v) is 13.0. The van der Waals surface area contributed by atoms with Crippen LogP contribution in [0.5, 0.6) is 0 Å². The molecule has 2 rings (SSSR count). The first kappa shape index (κ1) is 15.4. The van der Waals surface area contributed by atoms with Crippen molar-refractivity contribution in [2.75, 3.05) is 6.26 Å². The van der Waals surface area contributed by atoms with Crippen LogP contribution in [0.3, 0.4) is 0 Å². The minimum atomic E-state index is -3.31. The average Bonchev–Trinajstić information content (AvgIpc) is 2.47. The second-order valence-corrected chi connectivity index (χ2v) is 7.09. The van der Waals surface area contributed by atoms with E-state index >= 15 is 0 Å². The average molecular weight is 302 g/mol. The van der Waals surface area contributed by atoms with E-state index in [0.717, 1.165) is 19.1 Å². The summed E-state index contributed by atoms with van der Waals surface area (Å²) in [5.41, 5.74) is 2.15. The topological polar surface area (TPSA) is 51.2 Å². The van der Waals surface area contributed by atoms with Crippen molar-refractivity contribution in [2.45, 2.75) is 24.7 Å². The monoisotopic (exact) mass is 302 g/mol. The molecule has 2 aromatic rings. The SMILES string of the molecule is CCCc1ccc(C(=O)c2cccc(S(C)(=O)=O)c2)cc1. The summed E-state index contributed by atoms with van der Waals surface area (Å²) in [6.07, 6.45) is 3.18. The van der Waals surface area contributed by atoms with Gasteiger partial charge in [-0.25, -0.2) is 8.42 Å². The van der Waals surface area contributed by atoms with Crippen LogP contribution in [0.1, 0.15) is 34.8 Å². The molecular formula is C17H18O3S. The van der Waals surface area contributed by atoms with Crippen LogP contribution in [0.4, 0.5) is 0 Å². The van der Waals surface area contributed by atoms with Crippen molar-refractivity contribution in [3.63, 3.8) is 0 Å². The van der Waals surface area contributed by atoms with E-state index in [2.05, 4.69) is 6.92 Å². The van der Waals surface area contributed by atoms with Gasteiger partial charge in [0.2, 0.25) is 0 Å². The quantitative estimate of drug-likeness (QED) is 0.796. The Kier molecular flexibility index (Phi) is 4.58. The lowest BCUT2D eigenvalue weighted by atomic mass is 10.0. The number of rotatable bonds is 5. The van der Waals surface area contributed by atoms with Gasteiger partial charge in [-0.1, -0.05) is 49.7 Å². The summed E-state index contributed by atoms with van der Waals surface area (Å²) in [7, 11) is -3.31. The number of sulfone groups is 1. The number of benzene rings is 2. The van der Waals surface area contributed by atoms with E-state index < -0.39 is 9.84 Å². The van der Waals surface area contributed by atoms with Gasteiger partial charge in [-0.15, -0.1) is 0 Å². The van der Waals surface area contributed by atoms with Crippen molar-refractivity contribution in [2.24, 2.45) is 0 Å². The van der Waals surface area contributed by atoms with E-state index in [1.807, 2.05) is 12.1 Å². The third-order valence-corrected chi connectivity index (χ3v) is 4.39. The van der Waals surface area contributed by atoms with Crippen LogP contribution in [0, 0.1) is 0 Å². The van der Waals surface area contributed by atoms with Gasteiger partial charge in [0.1, 0.15) is 0 Å². The summed E-state index contributed by atoms with van der Waals surface area (Å²) >= 11 is 0. The third kappa shape index (κ3) is 3.79. The van der Waals surface area contributed by atoms with Crippen molar-refractivity contribution < 1.29 is 13.2 Å². The molecule has 0 aliphatic carbocycles. The molecule has 0 bridgehead atoms. The van der Waals surface area contributed by atoms with Gasteiger partial charge in [0, 0.05) is 17.4 Å². The molecule has 4 heteroatoms. The Hall–Kier alpha value is -1.94. The van der Waals surface area contributed by atoms with Crippen molar-refractivity contribution in [1.29, 1.82) is 0 Å². The largest absolute Gasteiger partial charge is 0.289 e. The Bertz CT molecular complexity index is 744. The molecular weight excluding hydrogens is 284 g/mol. The van der Waals surface area contributed by atoms with Crippen molar-refractivity contribution in [1.82, 2.24) is 0 Å². The second-order valence-electron chi connectivity index (χ2n) is 5.08. The minimum absolute atomic E-state index is 0.163. The zero-order valence-electron chi connectivity index (χ0n) is 12.2. The number of aryl methyl sites for hydroxylation is 1. The molecule has 0 aromatic heterocycles. The van der Waals surface area contributed by atoms with Gasteiger partial charge in [-0.3, -0.25) is 4.79 Å². The fraction of sp³-hybridized carbons (Fsp3) is 0.235. The number of carbonyl (C=O) groups excluding carboxylic acids is 1. The van der Waals surface area contributed by atoms with Gasteiger partial charge < -0.3 is 0 Å². The molecule has 0 radical (unpaired) electrons. The van der Waals surface area contributed by atoms with E-state index in [9.17, 15) is 13.2 Å². The molecule has 0 aliphatic heterocycles. The number of carbonyl (C=O) groups is 1. The van der Waals surface area contributed by atoms with E-state index in [1.165, 1.54) is 17.7 Å². The molecule has 0 saturated carbocycles. The molecule has 0 unspecified atom stereocenters. The van der Waals surface area contributed by atoms with Gasteiger partial charge in [0.05, 0.1) is 4.90 Å². The first-order valence-electron chi connectivity index (χ1n) is 6.85. The van der Waals surface area contributed by atoms with Crippen LogP contribution in [0.15, 0.2) is 53.4 Å².